The molecule has 0 aliphatic heterocycles. The zero-order valence-corrected chi connectivity index (χ0v) is 22.8. The molecule has 0 spiro atoms. The topological polar surface area (TPSA) is 106 Å². The zero-order chi connectivity index (χ0) is 25.4. The second kappa shape index (κ2) is 19.8. The maximum Gasteiger partial charge on any atom is 0.643 e. The number of phenols is 1. The van der Waals surface area contributed by atoms with Gasteiger partial charge >= 0.3 is 11.4 Å². The molecule has 2 aromatic carbocycles. The molecule has 0 aliphatic rings. The van der Waals surface area contributed by atoms with Crippen molar-refractivity contribution in [3.8, 4) is 23.0 Å². The Morgan fingerprint density at radius 2 is 1.24 bits per heavy atom. The normalized spacial score (nSPS) is 8.94. The molecule has 2 amide bonds. The predicted molar refractivity (Wildman–Crippen MR) is 143 cm³/mol. The van der Waals surface area contributed by atoms with Crippen LogP contribution in [0.4, 0.5) is 11.4 Å². The first-order valence-electron chi connectivity index (χ1n) is 8.84. The van der Waals surface area contributed by atoms with E-state index in [1.54, 1.807) is 37.4 Å². The standard InChI is InChI=1S/C10H12ClNO3.C9H10ClNO3.CH4.Al.3ClH/c1-14-7-3-4-8(9(5-7)15-2)12-10(13)6-11;1-14-6-2-3-7(8(12)4-6)11-9(13)5-10;;;;;/h3-5H,6H2,1-2H3,(H,12,13);2-4,12H,5H2,1H3,(H,11,13);1H4;;3*1H/q;;;+3;;;/p-3. The van der Waals surface area contributed by atoms with E-state index < -0.39 is 11.4 Å². The van der Waals surface area contributed by atoms with Crippen LogP contribution in [0.15, 0.2) is 36.4 Å². The van der Waals surface area contributed by atoms with Gasteiger partial charge in [0.15, 0.2) is 0 Å². The number of nitrogens with one attached hydrogen (secondary N) is 2. The number of aromatic hydroxyl groups is 1. The molecule has 3 N–H and O–H groups in total. The Morgan fingerprint density at radius 1 is 0.824 bits per heavy atom. The summed E-state index contributed by atoms with van der Waals surface area (Å²) in [7, 11) is 19.4. The maximum atomic E-state index is 11.1. The summed E-state index contributed by atoms with van der Waals surface area (Å²) in [6.07, 6.45) is 0. The van der Waals surface area contributed by atoms with E-state index in [4.69, 9.17) is 67.6 Å². The molecule has 0 heterocycles. The summed E-state index contributed by atoms with van der Waals surface area (Å²) < 4.78 is 15.0. The van der Waals surface area contributed by atoms with Crippen LogP contribution in [0.1, 0.15) is 7.43 Å². The number of phenolic OH excluding ortho intramolecular Hbond substituents is 1. The fourth-order valence-electron chi connectivity index (χ4n) is 2.01. The minimum absolute atomic E-state index is 0. The van der Waals surface area contributed by atoms with Gasteiger partial charge in [0, 0.05) is 12.1 Å². The number of methoxy groups -OCH3 is 3. The molecule has 0 fully saturated rings. The Labute approximate surface area is 226 Å². The molecule has 0 bridgehead atoms. The van der Waals surface area contributed by atoms with Gasteiger partial charge in [-0.15, -0.1) is 23.2 Å². The monoisotopic (exact) mass is 592 g/mol. The third-order valence-corrected chi connectivity index (χ3v) is 3.89. The number of benzene rings is 2. The van der Waals surface area contributed by atoms with Crippen LogP contribution in [0.25, 0.3) is 0 Å². The first kappa shape index (κ1) is 34.7. The average Bonchev–Trinajstić information content (AvgIpc) is 2.80. The lowest BCUT2D eigenvalue weighted by molar-refractivity contribution is -0.114. The number of anilines is 2. The van der Waals surface area contributed by atoms with Crippen molar-refractivity contribution in [1.82, 2.24) is 0 Å². The van der Waals surface area contributed by atoms with Crippen LogP contribution in [0, 0.1) is 0 Å². The summed E-state index contributed by atoms with van der Waals surface area (Å²) >= 11 is 8.95. The first-order chi connectivity index (χ1) is 15.6. The lowest BCUT2D eigenvalue weighted by atomic mass is 10.2. The van der Waals surface area contributed by atoms with Crippen LogP contribution in [0.2, 0.25) is 0 Å². The summed E-state index contributed by atoms with van der Waals surface area (Å²) in [6.45, 7) is 0. The van der Waals surface area contributed by atoms with Crippen molar-refractivity contribution >= 4 is 87.9 Å². The molecule has 8 nitrogen and oxygen atoms in total. The molecule has 2 rings (SSSR count). The van der Waals surface area contributed by atoms with E-state index in [9.17, 15) is 14.7 Å². The van der Waals surface area contributed by atoms with E-state index in [-0.39, 0.29) is 36.8 Å². The SMILES string of the molecule is C.COc1ccc(NC(=O)CCl)c(O)c1.COc1ccc(NC(=O)CCl)c(OC)c1.[Cl][Al]([Cl])[Cl]. The van der Waals surface area contributed by atoms with Crippen molar-refractivity contribution in [2.75, 3.05) is 43.7 Å². The molecule has 0 saturated carbocycles. The zero-order valence-electron chi connectivity index (χ0n) is 17.8. The van der Waals surface area contributed by atoms with E-state index >= 15 is 0 Å². The summed E-state index contributed by atoms with van der Waals surface area (Å²) in [5.41, 5.74) is 0.889. The second-order valence-corrected chi connectivity index (χ2v) is 12.5. The third-order valence-electron chi connectivity index (χ3n) is 3.40. The van der Waals surface area contributed by atoms with Gasteiger partial charge in [0.05, 0.1) is 32.7 Å². The van der Waals surface area contributed by atoms with Crippen LogP contribution in [-0.4, -0.2) is 61.4 Å². The fourth-order valence-corrected chi connectivity index (χ4v) is 2.15. The number of alkyl halides is 2. The Hall–Kier alpha value is -1.44. The van der Waals surface area contributed by atoms with Crippen LogP contribution < -0.4 is 24.8 Å². The highest BCUT2D eigenvalue weighted by molar-refractivity contribution is 7.54. The van der Waals surface area contributed by atoms with Crippen molar-refractivity contribution in [2.24, 2.45) is 0 Å². The van der Waals surface area contributed by atoms with Crippen LogP contribution in [-0.2, 0) is 9.59 Å². The molecule has 0 atom stereocenters. The lowest BCUT2D eigenvalue weighted by Crippen LogP contribution is -2.13. The Kier molecular flexibility index (Phi) is 20.2. The smallest absolute Gasteiger partial charge is 0.506 e. The molecule has 2 aromatic rings. The molecule has 0 unspecified atom stereocenters. The van der Waals surface area contributed by atoms with E-state index in [1.807, 2.05) is 0 Å². The molecular formula is C20H26AlCl5N2O6. The highest BCUT2D eigenvalue weighted by atomic mass is 35.8. The van der Waals surface area contributed by atoms with Gasteiger partial charge < -0.3 is 30.0 Å². The fraction of sp³-hybridized carbons (Fsp3) is 0.300. The van der Waals surface area contributed by atoms with E-state index in [0.717, 1.165) is 0 Å². The van der Waals surface area contributed by atoms with Gasteiger partial charge in [-0.2, -0.15) is 0 Å². The summed E-state index contributed by atoms with van der Waals surface area (Å²) in [4.78, 5) is 22.0. The Balaban J connectivity index is 0. The number of hydrogen-bond acceptors (Lipinski definition) is 6. The minimum atomic E-state index is -1.72. The van der Waals surface area contributed by atoms with Crippen molar-refractivity contribution in [1.29, 1.82) is 0 Å². The van der Waals surface area contributed by atoms with Gasteiger partial charge in [-0.1, -0.05) is 7.43 Å². The predicted octanol–water partition coefficient (Wildman–Crippen LogP) is 5.78. The third kappa shape index (κ3) is 14.7. The number of rotatable bonds is 7. The average molecular weight is 595 g/mol. The van der Waals surface area contributed by atoms with Crippen molar-refractivity contribution < 1.29 is 28.9 Å². The van der Waals surface area contributed by atoms with Crippen molar-refractivity contribution in [3.05, 3.63) is 36.4 Å². The van der Waals surface area contributed by atoms with Crippen LogP contribution in [0.3, 0.4) is 0 Å². The highest BCUT2D eigenvalue weighted by Crippen LogP contribution is 2.29. The minimum Gasteiger partial charge on any atom is -0.506 e. The number of ether oxygens (including phenoxy) is 3. The number of carbonyl (C=O) groups excluding carboxylic acids is 2. The summed E-state index contributed by atoms with van der Waals surface area (Å²) in [5, 5.41) is 14.5. The summed E-state index contributed by atoms with van der Waals surface area (Å²) in [5.74, 6) is 0.783. The molecule has 14 heteroatoms. The van der Waals surface area contributed by atoms with Gasteiger partial charge in [0.25, 0.3) is 0 Å². The Morgan fingerprint density at radius 3 is 1.62 bits per heavy atom. The summed E-state index contributed by atoms with van der Waals surface area (Å²) in [6, 6.07) is 9.68. The quantitative estimate of drug-likeness (QED) is 0.213. The van der Waals surface area contributed by atoms with Gasteiger partial charge in [-0.25, -0.2) is 30.1 Å². The van der Waals surface area contributed by atoms with E-state index in [0.29, 0.717) is 28.6 Å². The van der Waals surface area contributed by atoms with Crippen molar-refractivity contribution in [2.45, 2.75) is 7.43 Å². The van der Waals surface area contributed by atoms with E-state index in [2.05, 4.69) is 10.6 Å². The number of hydrogen-bond donors (Lipinski definition) is 3. The largest absolute Gasteiger partial charge is 0.643 e. The maximum absolute atomic E-state index is 11.1. The molecule has 190 valence electrons. The van der Waals surface area contributed by atoms with Crippen LogP contribution >= 0.6 is 53.3 Å². The Bertz CT molecular complexity index is 890. The first-order valence-corrected chi connectivity index (χ1v) is 15.1. The van der Waals surface area contributed by atoms with Gasteiger partial charge in [0.1, 0.15) is 34.8 Å². The number of amides is 2. The molecule has 0 aliphatic carbocycles. The van der Waals surface area contributed by atoms with Crippen LogP contribution in [0.5, 0.6) is 23.0 Å². The number of carbonyl (C=O) groups is 2. The lowest BCUT2D eigenvalue weighted by Gasteiger charge is -2.10. The molecule has 34 heavy (non-hydrogen) atoms. The molecule has 0 saturated heterocycles. The highest BCUT2D eigenvalue weighted by Gasteiger charge is 2.08. The second-order valence-electron chi connectivity index (χ2n) is 5.56. The van der Waals surface area contributed by atoms with Gasteiger partial charge in [-0.05, 0) is 24.3 Å². The van der Waals surface area contributed by atoms with Gasteiger partial charge in [-0.3, -0.25) is 9.59 Å². The molecular weight excluding hydrogens is 568 g/mol. The molecule has 0 radical (unpaired) electrons. The van der Waals surface area contributed by atoms with Gasteiger partial charge in [0.2, 0.25) is 11.8 Å². The van der Waals surface area contributed by atoms with E-state index in [1.165, 1.54) is 20.3 Å². The molecule has 0 aromatic heterocycles. The van der Waals surface area contributed by atoms with Crippen molar-refractivity contribution in [3.63, 3.8) is 0 Å². The number of halogens is 5.